The molecule has 6 nitrogen and oxygen atoms in total. The number of aromatic amines is 1. The Morgan fingerprint density at radius 3 is 2.54 bits per heavy atom. The summed E-state index contributed by atoms with van der Waals surface area (Å²) in [5.74, 6) is -2.60. The lowest BCUT2D eigenvalue weighted by molar-refractivity contribution is -0.138. The Balaban J connectivity index is 1.98. The Bertz CT molecular complexity index is 1520. The predicted molar refractivity (Wildman–Crippen MR) is 119 cm³/mol. The van der Waals surface area contributed by atoms with Crippen LogP contribution in [-0.2, 0) is 22.3 Å². The number of fused-ring (bicyclic) bond motifs is 1. The summed E-state index contributed by atoms with van der Waals surface area (Å²) in [6, 6.07) is 2.98. The molecule has 0 saturated heterocycles. The average Bonchev–Trinajstić information content (AvgIpc) is 2.78. The van der Waals surface area contributed by atoms with Gasteiger partial charge in [-0.3, -0.25) is 4.79 Å². The summed E-state index contributed by atoms with van der Waals surface area (Å²) in [5, 5.41) is 0. The maximum atomic E-state index is 14.1. The largest absolute Gasteiger partial charge is 0.438 e. The van der Waals surface area contributed by atoms with E-state index >= 15 is 0 Å². The maximum absolute atomic E-state index is 14.1. The van der Waals surface area contributed by atoms with Gasteiger partial charge >= 0.3 is 6.18 Å². The van der Waals surface area contributed by atoms with E-state index in [9.17, 15) is 31.0 Å². The molecule has 0 amide bonds. The van der Waals surface area contributed by atoms with E-state index in [4.69, 9.17) is 4.74 Å². The third kappa shape index (κ3) is 4.30. The average molecular weight is 513 g/mol. The number of benzene rings is 1. The topological polar surface area (TPSA) is 84.4 Å². The second-order valence-electron chi connectivity index (χ2n) is 8.05. The number of rotatable bonds is 3. The van der Waals surface area contributed by atoms with Gasteiger partial charge in [0.15, 0.2) is 17.1 Å². The molecular formula is C23H20F5N3O3S. The summed E-state index contributed by atoms with van der Waals surface area (Å²) in [5.41, 5.74) is -2.13. The zero-order valence-electron chi connectivity index (χ0n) is 18.8. The van der Waals surface area contributed by atoms with Crippen molar-refractivity contribution in [2.75, 3.05) is 12.8 Å². The fourth-order valence-electron chi connectivity index (χ4n) is 4.10. The Kier molecular flexibility index (Phi) is 6.20. The molecule has 2 aromatic heterocycles. The van der Waals surface area contributed by atoms with Crippen LogP contribution in [0.2, 0.25) is 0 Å². The van der Waals surface area contributed by atoms with E-state index in [1.165, 1.54) is 20.9 Å². The summed E-state index contributed by atoms with van der Waals surface area (Å²) in [4.78, 5) is 19.7. The van der Waals surface area contributed by atoms with Crippen LogP contribution in [0.25, 0.3) is 11.3 Å². The fourth-order valence-corrected chi connectivity index (χ4v) is 6.12. The van der Waals surface area contributed by atoms with Crippen LogP contribution in [0.4, 0.5) is 22.0 Å². The first-order valence-corrected chi connectivity index (χ1v) is 12.1. The van der Waals surface area contributed by atoms with Gasteiger partial charge in [-0.2, -0.15) is 13.2 Å². The highest BCUT2D eigenvalue weighted by Gasteiger charge is 2.36. The second kappa shape index (κ2) is 8.74. The highest BCUT2D eigenvalue weighted by Crippen LogP contribution is 2.41. The van der Waals surface area contributed by atoms with Crippen molar-refractivity contribution in [3.8, 4) is 22.9 Å². The molecular weight excluding hydrogens is 493 g/mol. The van der Waals surface area contributed by atoms with Crippen molar-refractivity contribution in [1.29, 1.82) is 0 Å². The first kappa shape index (κ1) is 24.8. The molecule has 1 atom stereocenters. The molecule has 0 spiro atoms. The van der Waals surface area contributed by atoms with Gasteiger partial charge in [-0.1, -0.05) is 0 Å². The smallest absolute Gasteiger partial charge is 0.418 e. The van der Waals surface area contributed by atoms with Crippen LogP contribution >= 0.6 is 0 Å². The Hall–Kier alpha value is -3.28. The van der Waals surface area contributed by atoms with Gasteiger partial charge in [0.2, 0.25) is 5.88 Å². The van der Waals surface area contributed by atoms with Gasteiger partial charge < -0.3 is 9.72 Å². The maximum Gasteiger partial charge on any atom is 0.418 e. The third-order valence-corrected chi connectivity index (χ3v) is 8.41. The number of nitrogens with zero attached hydrogens (tertiary/aromatic N) is 2. The minimum absolute atomic E-state index is 0.00602. The summed E-state index contributed by atoms with van der Waals surface area (Å²) in [6.45, 7) is 2.43. The molecule has 35 heavy (non-hydrogen) atoms. The molecule has 1 aromatic carbocycles. The number of hydrogen-bond donors (Lipinski definition) is 1. The molecule has 0 radical (unpaired) electrons. The molecule has 3 aromatic rings. The monoisotopic (exact) mass is 513 g/mol. The highest BCUT2D eigenvalue weighted by molar-refractivity contribution is 7.93. The molecule has 186 valence electrons. The van der Waals surface area contributed by atoms with Crippen molar-refractivity contribution in [3.63, 3.8) is 0 Å². The zero-order chi connectivity index (χ0) is 25.7. The van der Waals surface area contributed by atoms with E-state index in [-0.39, 0.29) is 44.7 Å². The lowest BCUT2D eigenvalue weighted by atomic mass is 10.0. The third-order valence-electron chi connectivity index (χ3n) is 5.90. The van der Waals surface area contributed by atoms with Crippen molar-refractivity contribution in [3.05, 3.63) is 68.6 Å². The van der Waals surface area contributed by atoms with Gasteiger partial charge in [-0.25, -0.2) is 22.3 Å². The molecule has 0 saturated carbocycles. The minimum Gasteiger partial charge on any atom is -0.438 e. The van der Waals surface area contributed by atoms with Crippen LogP contribution in [0.1, 0.15) is 28.8 Å². The van der Waals surface area contributed by atoms with Gasteiger partial charge in [0.1, 0.15) is 10.6 Å². The van der Waals surface area contributed by atoms with Crippen LogP contribution in [0.15, 0.2) is 38.4 Å². The van der Waals surface area contributed by atoms with E-state index < -0.39 is 38.5 Å². The van der Waals surface area contributed by atoms with E-state index in [0.717, 1.165) is 18.2 Å². The van der Waals surface area contributed by atoms with Crippen molar-refractivity contribution >= 4 is 9.73 Å². The van der Waals surface area contributed by atoms with E-state index in [2.05, 4.69) is 14.3 Å². The minimum atomic E-state index is -4.76. The molecule has 1 unspecified atom stereocenters. The number of aromatic nitrogens is 2. The van der Waals surface area contributed by atoms with Crippen molar-refractivity contribution in [1.82, 2.24) is 9.97 Å². The summed E-state index contributed by atoms with van der Waals surface area (Å²) < 4.78 is 91.2. The molecule has 4 rings (SSSR count). The van der Waals surface area contributed by atoms with Crippen LogP contribution in [0.3, 0.4) is 0 Å². The van der Waals surface area contributed by atoms with Crippen LogP contribution in [0.5, 0.6) is 11.6 Å². The lowest BCUT2D eigenvalue weighted by Gasteiger charge is -2.22. The Morgan fingerprint density at radius 2 is 1.89 bits per heavy atom. The fraction of sp³-hybridized carbons (Fsp3) is 0.304. The second-order valence-corrected chi connectivity index (χ2v) is 10.5. The summed E-state index contributed by atoms with van der Waals surface area (Å²) >= 11 is 0. The van der Waals surface area contributed by atoms with Gasteiger partial charge in [0, 0.05) is 36.3 Å². The normalized spacial score (nSPS) is 17.7. The first-order valence-electron chi connectivity index (χ1n) is 10.5. The summed E-state index contributed by atoms with van der Waals surface area (Å²) in [7, 11) is -1.61. The molecule has 1 aliphatic rings. The molecule has 0 bridgehead atoms. The predicted octanol–water partition coefficient (Wildman–Crippen LogP) is 5.55. The number of pyridine rings is 2. The standard InChI is InChI=1S/C23H20F5N3O3S/c1-11-13(23(26,27)28)10-30-22(34-18-7-6-14(24)20(25)12(18)2)19(11)16-9-17(32)21-15(31-16)5-4-8-35(21,33)29-3/h6-7,9-10H,4-5,8H2,1-3H3,(H,31,32). The Morgan fingerprint density at radius 1 is 1.17 bits per heavy atom. The number of nitrogens with one attached hydrogen (secondary N) is 1. The van der Waals surface area contributed by atoms with Crippen molar-refractivity contribution < 1.29 is 30.9 Å². The number of hydrogen-bond acceptors (Lipinski definition) is 5. The SMILES string of the molecule is CN=S1(=O)CCCc2[nH]c(-c3c(Oc4ccc(F)c(F)c4C)ncc(C(F)(F)F)c3C)cc(=O)c21. The molecule has 3 heterocycles. The number of H-pyrrole nitrogens is 1. The van der Waals surface area contributed by atoms with Gasteiger partial charge in [0.05, 0.1) is 26.5 Å². The number of alkyl halides is 3. The van der Waals surface area contributed by atoms with E-state index in [1.54, 1.807) is 0 Å². The molecule has 12 heteroatoms. The summed E-state index contributed by atoms with van der Waals surface area (Å²) in [6.07, 6.45) is -3.39. The number of aryl methyl sites for hydroxylation is 1. The first-order chi connectivity index (χ1) is 16.4. The van der Waals surface area contributed by atoms with Gasteiger partial charge in [-0.05, 0) is 44.4 Å². The van der Waals surface area contributed by atoms with Crippen molar-refractivity contribution in [2.24, 2.45) is 4.36 Å². The molecule has 0 fully saturated rings. The molecule has 1 aliphatic heterocycles. The highest BCUT2D eigenvalue weighted by atomic mass is 32.2. The van der Waals surface area contributed by atoms with Crippen molar-refractivity contribution in [2.45, 2.75) is 37.8 Å². The molecule has 1 N–H and O–H groups in total. The van der Waals surface area contributed by atoms with Crippen LogP contribution < -0.4 is 10.2 Å². The number of halogens is 5. The van der Waals surface area contributed by atoms with E-state index in [0.29, 0.717) is 24.7 Å². The quantitative estimate of drug-likeness (QED) is 0.466. The molecule has 0 aliphatic carbocycles. The van der Waals surface area contributed by atoms with Gasteiger partial charge in [-0.15, -0.1) is 0 Å². The van der Waals surface area contributed by atoms with Crippen LogP contribution in [-0.4, -0.2) is 27.0 Å². The lowest BCUT2D eigenvalue weighted by Crippen LogP contribution is -2.26. The Labute approximate surface area is 197 Å². The van der Waals surface area contributed by atoms with E-state index in [1.807, 2.05) is 0 Å². The number of ether oxygens (including phenoxy) is 1. The van der Waals surface area contributed by atoms with Gasteiger partial charge in [0.25, 0.3) is 0 Å². The zero-order valence-corrected chi connectivity index (χ0v) is 19.7. The van der Waals surface area contributed by atoms with Crippen LogP contribution in [0, 0.1) is 25.5 Å².